The smallest absolute Gasteiger partial charge is 0.393 e. The summed E-state index contributed by atoms with van der Waals surface area (Å²) in [4.78, 5) is 6.50. The summed E-state index contributed by atoms with van der Waals surface area (Å²) in [6, 6.07) is 3.29. The van der Waals surface area contributed by atoms with Crippen LogP contribution in [-0.4, -0.2) is 14.8 Å². The number of hydrogen-bond donors (Lipinski definition) is 1. The Balaban J connectivity index is 2.41. The molecule has 0 amide bonds. The number of hydrogen-bond acceptors (Lipinski definition) is 4. The van der Waals surface area contributed by atoms with Crippen LogP contribution in [0.2, 0.25) is 0 Å². The van der Waals surface area contributed by atoms with Crippen LogP contribution in [0, 0.1) is 17.9 Å². The Bertz CT molecular complexity index is 776. The third-order valence-electron chi connectivity index (χ3n) is 3.07. The van der Waals surface area contributed by atoms with Crippen molar-refractivity contribution in [2.75, 3.05) is 5.73 Å². The molecule has 2 N–H and O–H groups in total. The van der Waals surface area contributed by atoms with E-state index in [-0.39, 0.29) is 17.2 Å². The molecule has 112 valence electrons. The maximum absolute atomic E-state index is 12.5. The Hall–Kier alpha value is -3.07. The van der Waals surface area contributed by atoms with E-state index in [0.717, 1.165) is 12.3 Å². The number of aromatic nitrogens is 3. The summed E-state index contributed by atoms with van der Waals surface area (Å²) in [5.41, 5.74) is 4.98. The lowest BCUT2D eigenvalue weighted by atomic mass is 10.1. The summed E-state index contributed by atoms with van der Waals surface area (Å²) in [5, 5.41) is 12.8. The van der Waals surface area contributed by atoms with E-state index in [2.05, 4.69) is 14.9 Å². The Morgan fingerprint density at radius 1 is 1.45 bits per heavy atom. The molecule has 0 saturated heterocycles. The first-order valence-corrected chi connectivity index (χ1v) is 5.98. The second kappa shape index (κ2) is 5.37. The van der Waals surface area contributed by atoms with Gasteiger partial charge in [-0.3, -0.25) is 9.67 Å². The SMILES string of the molecule is [C-]#[N+]c1c(C#N)nn([C@@H](C)c2ccc(C(F)(F)F)nc2)c1N. The van der Waals surface area contributed by atoms with Gasteiger partial charge >= 0.3 is 6.18 Å². The van der Waals surface area contributed by atoms with Crippen molar-refractivity contribution in [1.82, 2.24) is 14.8 Å². The molecule has 0 aliphatic carbocycles. The van der Waals surface area contributed by atoms with E-state index in [1.165, 1.54) is 10.7 Å². The molecule has 9 heteroatoms. The van der Waals surface area contributed by atoms with Crippen molar-refractivity contribution in [3.63, 3.8) is 0 Å². The summed E-state index contributed by atoms with van der Waals surface area (Å²) < 4.78 is 38.7. The van der Waals surface area contributed by atoms with Gasteiger partial charge in [0.15, 0.2) is 5.69 Å². The monoisotopic (exact) mass is 306 g/mol. The van der Waals surface area contributed by atoms with E-state index in [1.54, 1.807) is 13.0 Å². The molecule has 0 fully saturated rings. The first-order valence-electron chi connectivity index (χ1n) is 5.98. The molecule has 0 aliphatic heterocycles. The lowest BCUT2D eigenvalue weighted by Crippen LogP contribution is -2.13. The minimum Gasteiger partial charge on any atom is -0.393 e. The van der Waals surface area contributed by atoms with E-state index >= 15 is 0 Å². The van der Waals surface area contributed by atoms with Crippen LogP contribution in [0.5, 0.6) is 0 Å². The second-order valence-corrected chi connectivity index (χ2v) is 4.40. The molecule has 0 aromatic carbocycles. The van der Waals surface area contributed by atoms with Gasteiger partial charge in [0.05, 0.1) is 12.6 Å². The maximum Gasteiger partial charge on any atom is 0.433 e. The van der Waals surface area contributed by atoms with Crippen LogP contribution in [0.3, 0.4) is 0 Å². The number of nitrogens with zero attached hydrogens (tertiary/aromatic N) is 5. The van der Waals surface area contributed by atoms with Crippen molar-refractivity contribution in [3.05, 3.63) is 46.7 Å². The Morgan fingerprint density at radius 2 is 2.14 bits per heavy atom. The molecule has 0 bridgehead atoms. The van der Waals surface area contributed by atoms with Crippen LogP contribution in [0.15, 0.2) is 18.3 Å². The molecule has 0 unspecified atom stereocenters. The summed E-state index contributed by atoms with van der Waals surface area (Å²) in [5.74, 6) is -0.0149. The van der Waals surface area contributed by atoms with Gasteiger partial charge in [-0.1, -0.05) is 6.07 Å². The predicted octanol–water partition coefficient (Wildman–Crippen LogP) is 2.91. The average molecular weight is 306 g/mol. The summed E-state index contributed by atoms with van der Waals surface area (Å²) in [6.07, 6.45) is -3.45. The van der Waals surface area contributed by atoms with E-state index in [0.29, 0.717) is 5.56 Å². The number of nitrogens with two attached hydrogens (primary N) is 1. The highest BCUT2D eigenvalue weighted by molar-refractivity contribution is 5.70. The molecule has 6 nitrogen and oxygen atoms in total. The molecule has 2 aromatic heterocycles. The topological polar surface area (TPSA) is 84.9 Å². The number of rotatable bonds is 2. The van der Waals surface area contributed by atoms with E-state index in [1.807, 2.05) is 0 Å². The minimum absolute atomic E-state index is 0.0149. The van der Waals surface area contributed by atoms with Crippen LogP contribution in [0.4, 0.5) is 24.7 Å². The van der Waals surface area contributed by atoms with Crippen LogP contribution in [0.25, 0.3) is 4.85 Å². The molecule has 22 heavy (non-hydrogen) atoms. The molecule has 2 rings (SSSR count). The Morgan fingerprint density at radius 3 is 2.55 bits per heavy atom. The molecule has 2 heterocycles. The van der Waals surface area contributed by atoms with Gasteiger partial charge in [0.1, 0.15) is 17.6 Å². The van der Waals surface area contributed by atoms with Gasteiger partial charge in [-0.05, 0) is 18.6 Å². The number of anilines is 1. The van der Waals surface area contributed by atoms with Crippen molar-refractivity contribution in [3.8, 4) is 6.07 Å². The van der Waals surface area contributed by atoms with Crippen molar-refractivity contribution in [1.29, 1.82) is 5.26 Å². The number of nitriles is 1. The van der Waals surface area contributed by atoms with Crippen LogP contribution in [0.1, 0.15) is 29.9 Å². The lowest BCUT2D eigenvalue weighted by Gasteiger charge is -2.15. The molecule has 0 radical (unpaired) electrons. The second-order valence-electron chi connectivity index (χ2n) is 4.40. The first kappa shape index (κ1) is 15.3. The molecule has 2 aromatic rings. The zero-order chi connectivity index (χ0) is 16.5. The van der Waals surface area contributed by atoms with Gasteiger partial charge in [-0.25, -0.2) is 4.85 Å². The lowest BCUT2D eigenvalue weighted by molar-refractivity contribution is -0.141. The highest BCUT2D eigenvalue weighted by atomic mass is 19.4. The van der Waals surface area contributed by atoms with Crippen molar-refractivity contribution in [2.45, 2.75) is 19.1 Å². The highest BCUT2D eigenvalue weighted by Crippen LogP contribution is 2.32. The fourth-order valence-corrected chi connectivity index (χ4v) is 1.88. The zero-order valence-corrected chi connectivity index (χ0v) is 11.3. The van der Waals surface area contributed by atoms with Gasteiger partial charge in [0, 0.05) is 6.20 Å². The van der Waals surface area contributed by atoms with Crippen molar-refractivity contribution >= 4 is 11.5 Å². The molecule has 1 atom stereocenters. The van der Waals surface area contributed by atoms with E-state index < -0.39 is 17.9 Å². The molecular formula is C13H9F3N6. The van der Waals surface area contributed by atoms with Gasteiger partial charge in [-0.2, -0.15) is 23.5 Å². The normalized spacial score (nSPS) is 12.5. The quantitative estimate of drug-likeness (QED) is 0.864. The summed E-state index contributed by atoms with van der Waals surface area (Å²) in [7, 11) is 0. The third-order valence-corrected chi connectivity index (χ3v) is 3.07. The average Bonchev–Trinajstić information content (AvgIpc) is 2.81. The largest absolute Gasteiger partial charge is 0.433 e. The molecule has 0 spiro atoms. The summed E-state index contributed by atoms with van der Waals surface area (Å²) in [6.45, 7) is 8.62. The predicted molar refractivity (Wildman–Crippen MR) is 70.7 cm³/mol. The minimum atomic E-state index is -4.52. The van der Waals surface area contributed by atoms with E-state index in [9.17, 15) is 13.2 Å². The Kier molecular flexibility index (Phi) is 3.74. The fourth-order valence-electron chi connectivity index (χ4n) is 1.88. The zero-order valence-electron chi connectivity index (χ0n) is 11.3. The van der Waals surface area contributed by atoms with Gasteiger partial charge < -0.3 is 5.73 Å². The first-order chi connectivity index (χ1) is 10.3. The molecule has 0 aliphatic rings. The van der Waals surface area contributed by atoms with Crippen LogP contribution < -0.4 is 5.73 Å². The Labute approximate surface area is 123 Å². The number of alkyl halides is 3. The standard InChI is InChI=1S/C13H9F3N6/c1-7(8-3-4-10(20-6-8)13(14,15)16)22-12(18)11(19-2)9(5-17)21-22/h3-4,6-7H,18H2,1H3/t7-/m0/s1. The fraction of sp³-hybridized carbons (Fsp3) is 0.231. The number of nitrogen functional groups attached to an aromatic ring is 1. The van der Waals surface area contributed by atoms with Crippen LogP contribution >= 0.6 is 0 Å². The van der Waals surface area contributed by atoms with E-state index in [4.69, 9.17) is 17.6 Å². The molecular weight excluding hydrogens is 297 g/mol. The maximum atomic E-state index is 12.5. The van der Waals surface area contributed by atoms with Gasteiger partial charge in [-0.15, -0.1) is 0 Å². The molecule has 0 saturated carbocycles. The van der Waals surface area contributed by atoms with Crippen molar-refractivity contribution < 1.29 is 13.2 Å². The van der Waals surface area contributed by atoms with Crippen LogP contribution in [-0.2, 0) is 6.18 Å². The van der Waals surface area contributed by atoms with Gasteiger partial charge in [0.2, 0.25) is 0 Å². The number of halogens is 3. The summed E-state index contributed by atoms with van der Waals surface area (Å²) >= 11 is 0. The number of pyridine rings is 1. The van der Waals surface area contributed by atoms with Gasteiger partial charge in [0.25, 0.3) is 5.69 Å². The highest BCUT2D eigenvalue weighted by Gasteiger charge is 2.32. The third kappa shape index (κ3) is 2.56. The van der Waals surface area contributed by atoms with Crippen molar-refractivity contribution in [2.24, 2.45) is 0 Å².